The van der Waals surface area contributed by atoms with Crippen LogP contribution in [-0.4, -0.2) is 51.8 Å². The fourth-order valence-electron chi connectivity index (χ4n) is 3.26. The maximum atomic E-state index is 9.65. The van der Waals surface area contributed by atoms with Crippen LogP contribution in [-0.2, 0) is 7.05 Å². The number of nitrogens with one attached hydrogen (secondary N) is 2. The number of nitrogens with zero attached hydrogens (tertiary/aromatic N) is 4. The minimum atomic E-state index is -0.484. The van der Waals surface area contributed by atoms with E-state index in [-0.39, 0.29) is 0 Å². The predicted octanol–water partition coefficient (Wildman–Crippen LogP) is 4.39. The van der Waals surface area contributed by atoms with E-state index in [1.165, 1.54) is 11.9 Å². The minimum absolute atomic E-state index is 0.306. The van der Waals surface area contributed by atoms with Gasteiger partial charge in [0.1, 0.15) is 5.75 Å². The zero-order chi connectivity index (χ0) is 24.8. The normalized spacial score (nSPS) is 11.8. The van der Waals surface area contributed by atoms with E-state index in [0.29, 0.717) is 47.6 Å². The predicted molar refractivity (Wildman–Crippen MR) is 137 cm³/mol. The van der Waals surface area contributed by atoms with Gasteiger partial charge < -0.3 is 29.4 Å². The van der Waals surface area contributed by atoms with Crippen LogP contribution in [0.15, 0.2) is 53.7 Å². The molecule has 0 saturated heterocycles. The molecule has 184 valence electrons. The maximum absolute atomic E-state index is 9.65. The first-order valence-electron chi connectivity index (χ1n) is 11.0. The third-order valence-corrected chi connectivity index (χ3v) is 5.78. The Labute approximate surface area is 207 Å². The highest BCUT2D eigenvalue weighted by atomic mass is 32.2. The van der Waals surface area contributed by atoms with Crippen LogP contribution in [0.25, 0.3) is 11.0 Å². The van der Waals surface area contributed by atoms with Crippen molar-refractivity contribution < 1.29 is 19.3 Å². The highest BCUT2D eigenvalue weighted by molar-refractivity contribution is 8.00. The highest BCUT2D eigenvalue weighted by Crippen LogP contribution is 2.42. The molecule has 2 aromatic carbocycles. The van der Waals surface area contributed by atoms with E-state index in [1.54, 1.807) is 44.2 Å². The van der Waals surface area contributed by atoms with Gasteiger partial charge in [-0.2, -0.15) is 5.10 Å². The number of aromatic nitrogens is 4. The Kier molecular flexibility index (Phi) is 7.78. The fourth-order valence-corrected chi connectivity index (χ4v) is 3.93. The number of rotatable bonds is 11. The SMILES string of the molecule is COc1cc(Nc2nc3ccccc3nc2NSc2cnn(C)c2)c(OCCC(C)O)c(OC)c1. The Hall–Kier alpha value is -3.70. The van der Waals surface area contributed by atoms with Crippen LogP contribution in [0.4, 0.5) is 17.3 Å². The zero-order valence-electron chi connectivity index (χ0n) is 20.0. The van der Waals surface area contributed by atoms with Crippen LogP contribution in [0.5, 0.6) is 17.2 Å². The van der Waals surface area contributed by atoms with Gasteiger partial charge in [0.15, 0.2) is 23.1 Å². The van der Waals surface area contributed by atoms with Crippen LogP contribution < -0.4 is 24.2 Å². The summed E-state index contributed by atoms with van der Waals surface area (Å²) in [6, 6.07) is 11.2. The van der Waals surface area contributed by atoms with Crippen molar-refractivity contribution in [1.82, 2.24) is 19.7 Å². The molecule has 1 atom stereocenters. The maximum Gasteiger partial charge on any atom is 0.184 e. The van der Waals surface area contributed by atoms with Crippen molar-refractivity contribution in [2.75, 3.05) is 30.9 Å². The van der Waals surface area contributed by atoms with Crippen molar-refractivity contribution in [2.45, 2.75) is 24.3 Å². The number of hydrogen-bond donors (Lipinski definition) is 3. The number of aliphatic hydroxyl groups excluding tert-OH is 1. The first-order chi connectivity index (χ1) is 17.0. The van der Waals surface area contributed by atoms with Crippen LogP contribution in [0, 0.1) is 0 Å². The van der Waals surface area contributed by atoms with E-state index in [4.69, 9.17) is 24.2 Å². The Balaban J connectivity index is 1.72. The molecule has 3 N–H and O–H groups in total. The van der Waals surface area contributed by atoms with Gasteiger partial charge in [0.25, 0.3) is 0 Å². The van der Waals surface area contributed by atoms with Gasteiger partial charge in [-0.05, 0) is 31.0 Å². The van der Waals surface area contributed by atoms with Gasteiger partial charge in [-0.25, -0.2) is 9.97 Å². The van der Waals surface area contributed by atoms with Crippen molar-refractivity contribution in [2.24, 2.45) is 7.05 Å². The lowest BCUT2D eigenvalue weighted by atomic mass is 10.2. The van der Waals surface area contributed by atoms with E-state index >= 15 is 0 Å². The largest absolute Gasteiger partial charge is 0.497 e. The Morgan fingerprint density at radius 2 is 1.83 bits per heavy atom. The van der Waals surface area contributed by atoms with Crippen molar-refractivity contribution in [3.63, 3.8) is 0 Å². The second kappa shape index (κ2) is 11.2. The number of para-hydroxylation sites is 2. The molecule has 0 fully saturated rings. The van der Waals surface area contributed by atoms with Gasteiger partial charge in [0.2, 0.25) is 0 Å². The van der Waals surface area contributed by atoms with Crippen molar-refractivity contribution in [1.29, 1.82) is 0 Å². The van der Waals surface area contributed by atoms with Gasteiger partial charge in [-0.3, -0.25) is 4.68 Å². The minimum Gasteiger partial charge on any atom is -0.497 e. The number of aryl methyl sites for hydroxylation is 1. The van der Waals surface area contributed by atoms with Crippen molar-refractivity contribution in [3.05, 3.63) is 48.8 Å². The van der Waals surface area contributed by atoms with Gasteiger partial charge in [0.05, 0.1) is 54.7 Å². The second-order valence-electron chi connectivity index (χ2n) is 7.78. The Bertz CT molecular complexity index is 1300. The topological polar surface area (TPSA) is 116 Å². The molecule has 1 unspecified atom stereocenters. The summed E-state index contributed by atoms with van der Waals surface area (Å²) in [4.78, 5) is 10.5. The van der Waals surface area contributed by atoms with Gasteiger partial charge in [-0.15, -0.1) is 0 Å². The molecule has 0 amide bonds. The molecule has 10 nitrogen and oxygen atoms in total. The summed E-state index contributed by atoms with van der Waals surface area (Å²) in [5.41, 5.74) is 2.08. The average Bonchev–Trinajstić information content (AvgIpc) is 3.27. The number of ether oxygens (including phenoxy) is 3. The molecular formula is C24H28N6O4S. The zero-order valence-corrected chi connectivity index (χ0v) is 20.8. The molecular weight excluding hydrogens is 468 g/mol. The smallest absolute Gasteiger partial charge is 0.184 e. The van der Waals surface area contributed by atoms with Crippen molar-refractivity contribution in [3.8, 4) is 17.2 Å². The van der Waals surface area contributed by atoms with Crippen LogP contribution in [0.2, 0.25) is 0 Å². The number of methoxy groups -OCH3 is 2. The Morgan fingerprint density at radius 1 is 1.09 bits per heavy atom. The van der Waals surface area contributed by atoms with E-state index in [1.807, 2.05) is 37.5 Å². The summed E-state index contributed by atoms with van der Waals surface area (Å²) in [5, 5.41) is 17.2. The summed E-state index contributed by atoms with van der Waals surface area (Å²) in [6.45, 7) is 2.02. The summed E-state index contributed by atoms with van der Waals surface area (Å²) in [7, 11) is 5.01. The van der Waals surface area contributed by atoms with E-state index in [0.717, 1.165) is 15.9 Å². The first-order valence-corrected chi connectivity index (χ1v) is 11.8. The van der Waals surface area contributed by atoms with Gasteiger partial charge >= 0.3 is 0 Å². The average molecular weight is 497 g/mol. The fraction of sp³-hybridized carbons (Fsp3) is 0.292. The lowest BCUT2D eigenvalue weighted by Crippen LogP contribution is -2.10. The summed E-state index contributed by atoms with van der Waals surface area (Å²) < 4.78 is 22.0. The van der Waals surface area contributed by atoms with Crippen LogP contribution >= 0.6 is 11.9 Å². The molecule has 2 aromatic heterocycles. The van der Waals surface area contributed by atoms with Crippen LogP contribution in [0.1, 0.15) is 13.3 Å². The molecule has 0 bridgehead atoms. The van der Waals surface area contributed by atoms with E-state index in [2.05, 4.69) is 15.1 Å². The van der Waals surface area contributed by atoms with Crippen molar-refractivity contribution >= 4 is 40.3 Å². The monoisotopic (exact) mass is 496 g/mol. The third kappa shape index (κ3) is 6.06. The molecule has 0 aliphatic carbocycles. The van der Waals surface area contributed by atoms with Gasteiger partial charge in [-0.1, -0.05) is 12.1 Å². The molecule has 0 spiro atoms. The summed E-state index contributed by atoms with van der Waals surface area (Å²) in [5.74, 6) is 2.59. The molecule has 4 rings (SSSR count). The lowest BCUT2D eigenvalue weighted by molar-refractivity contribution is 0.154. The highest BCUT2D eigenvalue weighted by Gasteiger charge is 2.18. The molecule has 2 heterocycles. The molecule has 0 saturated carbocycles. The van der Waals surface area contributed by atoms with Crippen LogP contribution in [0.3, 0.4) is 0 Å². The summed E-state index contributed by atoms with van der Waals surface area (Å²) in [6.07, 6.45) is 3.65. The molecule has 4 aromatic rings. The Morgan fingerprint density at radius 3 is 2.46 bits per heavy atom. The van der Waals surface area contributed by atoms with E-state index < -0.39 is 6.10 Å². The quantitative estimate of drug-likeness (QED) is 0.258. The number of benzene rings is 2. The van der Waals surface area contributed by atoms with Gasteiger partial charge in [0, 0.05) is 31.8 Å². The molecule has 35 heavy (non-hydrogen) atoms. The number of aliphatic hydroxyl groups is 1. The molecule has 0 aliphatic heterocycles. The summed E-state index contributed by atoms with van der Waals surface area (Å²) >= 11 is 1.38. The number of hydrogen-bond acceptors (Lipinski definition) is 10. The molecule has 0 aliphatic rings. The third-order valence-electron chi connectivity index (χ3n) is 5.04. The number of fused-ring (bicyclic) bond motifs is 1. The lowest BCUT2D eigenvalue weighted by Gasteiger charge is -2.19. The first kappa shape index (κ1) is 24.4. The number of anilines is 3. The second-order valence-corrected chi connectivity index (χ2v) is 8.66. The standard InChI is InChI=1S/C24H28N6O4S/c1-15(31)9-10-34-22-20(11-16(32-3)12-21(22)33-4)28-23-24(29-35-17-13-25-30(2)14-17)27-19-8-6-5-7-18(19)26-23/h5-8,11-15,31H,9-10H2,1-4H3,(H,26,28)(H,27,29). The molecule has 0 radical (unpaired) electrons. The molecule has 11 heteroatoms. The van der Waals surface area contributed by atoms with E-state index in [9.17, 15) is 5.11 Å².